The maximum absolute atomic E-state index is 13.9. The van der Waals surface area contributed by atoms with Gasteiger partial charge in [0.25, 0.3) is 0 Å². The van der Waals surface area contributed by atoms with E-state index in [9.17, 15) is 19.2 Å². The molecule has 0 aliphatic carbocycles. The highest BCUT2D eigenvalue weighted by Crippen LogP contribution is 2.42. The molecule has 5 aromatic carbocycles. The predicted octanol–water partition coefficient (Wildman–Crippen LogP) is 20.5. The van der Waals surface area contributed by atoms with Gasteiger partial charge in [0, 0.05) is 77.5 Å². The summed E-state index contributed by atoms with van der Waals surface area (Å²) in [6, 6.07) is 66.2. The van der Waals surface area contributed by atoms with Crippen molar-refractivity contribution in [1.82, 2.24) is 61.8 Å². The zero-order chi connectivity index (χ0) is 82.6. The van der Waals surface area contributed by atoms with E-state index in [4.69, 9.17) is 39.3 Å². The second-order valence-corrected chi connectivity index (χ2v) is 34.4. The molecule has 598 valence electrons. The largest absolute Gasteiger partial charge is 0.370 e. The second-order valence-electron chi connectivity index (χ2n) is 34.4. The van der Waals surface area contributed by atoms with Gasteiger partial charge >= 0.3 is 23.9 Å². The van der Waals surface area contributed by atoms with Gasteiger partial charge in [-0.05, 0) is 257 Å². The van der Waals surface area contributed by atoms with E-state index < -0.39 is 69.7 Å². The molecule has 20 heteroatoms. The third-order valence-electron chi connectivity index (χ3n) is 20.9. The number of rotatable bonds is 22. The van der Waals surface area contributed by atoms with Crippen molar-refractivity contribution < 1.29 is 38.5 Å². The van der Waals surface area contributed by atoms with Crippen molar-refractivity contribution in [1.29, 1.82) is 0 Å². The monoisotopic (exact) mass is 1570 g/mol. The van der Waals surface area contributed by atoms with Crippen LogP contribution in [0.2, 0.25) is 0 Å². The summed E-state index contributed by atoms with van der Waals surface area (Å²) in [5, 5.41) is 0. The fraction of sp³-hybridized carbons (Fsp3) is 0.245. The molecular formula is C98H98N12O8. The minimum atomic E-state index is -0.839. The zero-order valence-corrected chi connectivity index (χ0v) is 68.4. The smallest absolute Gasteiger partial charge is 0.330 e. The van der Waals surface area contributed by atoms with Crippen LogP contribution in [-0.4, -0.2) is 63.7 Å². The first kappa shape index (κ1) is 80.2. The maximum atomic E-state index is 13.9. The van der Waals surface area contributed by atoms with E-state index in [-0.39, 0.29) is 0 Å². The molecule has 6 aromatic heterocycles. The Balaban J connectivity index is 1.02. The van der Waals surface area contributed by atoms with Crippen LogP contribution in [0.5, 0.6) is 0 Å². The first-order valence-corrected chi connectivity index (χ1v) is 40.0. The average Bonchev–Trinajstić information content (AvgIpc) is 1.60. The van der Waals surface area contributed by atoms with E-state index in [1.807, 2.05) is 271 Å². The van der Waals surface area contributed by atoms with E-state index >= 15 is 0 Å². The Kier molecular flexibility index (Phi) is 22.9. The standard InChI is InChI=1S/C98H98N12O8/c1-95(2,3)91(111)115-107-81(52-59-26-17-13-18-27-59)87-73-40-36-65(99-73)57-66-37-41-74(100-66)88(82(53-60-28-19-14-20-29-60)108-116-92(112)96(4,5)6)78-49-45-70(104-78)85(69-44-48-77(87)103-69)63-34-25-35-64(56-63)86-71-46-50-79(105-71)89(83(54-61-30-21-15-22-31-61)109-117-93(113)97(7,8)9)75-42-38-67(101-75)58-68-39-43-76(102-68)90(80-51-47-72(86)106-80)84(55-62-32-23-16-24-33-62)110-118-94(114)98(10,11)12/h13-51,56-58,81-84,99,101,104,106-110H,52-55H2,1-12H3/t81-,82-,83-,84-/m1/s1. The number of nitrogens with one attached hydrogen (secondary N) is 8. The number of nitrogens with zero attached hydrogens (tertiary/aromatic N) is 4. The highest BCUT2D eigenvalue weighted by Gasteiger charge is 2.33. The molecule has 15 rings (SSSR count). The van der Waals surface area contributed by atoms with E-state index in [1.54, 1.807) is 0 Å². The van der Waals surface area contributed by atoms with Gasteiger partial charge < -0.3 is 39.3 Å². The quantitative estimate of drug-likeness (QED) is 0.0231. The van der Waals surface area contributed by atoms with Crippen molar-refractivity contribution in [3.05, 3.63) is 296 Å². The van der Waals surface area contributed by atoms with E-state index in [0.29, 0.717) is 104 Å². The van der Waals surface area contributed by atoms with Gasteiger partial charge in [-0.25, -0.2) is 39.1 Å². The van der Waals surface area contributed by atoms with Gasteiger partial charge in [-0.1, -0.05) is 140 Å². The van der Waals surface area contributed by atoms with Gasteiger partial charge in [-0.2, -0.15) is 0 Å². The normalized spacial score (nSPS) is 13.7. The van der Waals surface area contributed by atoms with Crippen LogP contribution in [0.4, 0.5) is 0 Å². The lowest BCUT2D eigenvalue weighted by Crippen LogP contribution is -2.33. The number of carbonyl (C=O) groups is 4. The van der Waals surface area contributed by atoms with Crippen molar-refractivity contribution in [2.75, 3.05) is 0 Å². The third-order valence-corrected chi connectivity index (χ3v) is 20.9. The average molecular weight is 1570 g/mol. The highest BCUT2D eigenvalue weighted by atomic mass is 16.7. The van der Waals surface area contributed by atoms with Crippen molar-refractivity contribution in [2.24, 2.45) is 21.7 Å². The van der Waals surface area contributed by atoms with Gasteiger partial charge in [-0.15, -0.1) is 21.9 Å². The number of hydroxylamine groups is 4. The Hall–Kier alpha value is -13.0. The molecule has 0 saturated heterocycles. The van der Waals surface area contributed by atoms with Crippen LogP contribution in [0.15, 0.2) is 206 Å². The fourth-order valence-electron chi connectivity index (χ4n) is 14.6. The molecule has 8 N–H and O–H groups in total. The molecule has 4 aliphatic heterocycles. The number of aromatic amines is 4. The van der Waals surface area contributed by atoms with Crippen LogP contribution in [0.3, 0.4) is 0 Å². The SMILES string of the molecule is CC(C)(C)C(=O)ON[C@H](Cc1ccccc1)c1c2nc(c(-c3cccc(-c4c5nc(c([C@@H](Cc6ccccc6)NOC(=O)C(C)(C)C)c6ccc(cc7nc(c([C@@H](Cc8ccccc8)NOC(=O)C(C)(C)C)c8ccc4[nH]8)C=C7)[nH]6)C=C5)c3)c3ccc([nH]3)c([C@@H](Cc3ccccc3)NOC(=O)C(C)(C)C)c3nc(cc4ccc1[nH]4)C=C3)C=C2. The first-order chi connectivity index (χ1) is 56.6. The minimum Gasteiger partial charge on any atom is -0.370 e. The molecule has 0 saturated carbocycles. The number of hydrogen-bond acceptors (Lipinski definition) is 16. The lowest BCUT2D eigenvalue weighted by molar-refractivity contribution is -0.163. The molecule has 0 unspecified atom stereocenters. The van der Waals surface area contributed by atoms with Crippen molar-refractivity contribution in [3.63, 3.8) is 0 Å². The van der Waals surface area contributed by atoms with Gasteiger partial charge in [0.15, 0.2) is 0 Å². The summed E-state index contributed by atoms with van der Waals surface area (Å²) < 4.78 is 0. The molecular weight excluding hydrogens is 1470 g/mol. The van der Waals surface area contributed by atoms with E-state index in [2.05, 4.69) is 109 Å². The maximum Gasteiger partial charge on any atom is 0.330 e. The molecule has 4 aliphatic rings. The first-order valence-electron chi connectivity index (χ1n) is 40.0. The Bertz CT molecular complexity index is 5610. The number of carbonyl (C=O) groups excluding carboxylic acids is 4. The summed E-state index contributed by atoms with van der Waals surface area (Å²) in [4.78, 5) is 118. The molecule has 20 nitrogen and oxygen atoms in total. The lowest BCUT2D eigenvalue weighted by Gasteiger charge is -2.23. The molecule has 0 amide bonds. The van der Waals surface area contributed by atoms with Crippen LogP contribution in [-0.2, 0) is 64.2 Å². The second kappa shape index (κ2) is 33.7. The van der Waals surface area contributed by atoms with Crippen LogP contribution in [0.1, 0.15) is 197 Å². The topological polar surface area (TPSA) is 268 Å². The zero-order valence-electron chi connectivity index (χ0n) is 68.4. The molecule has 0 spiro atoms. The summed E-state index contributed by atoms with van der Waals surface area (Å²) in [5.74, 6) is -1.74. The van der Waals surface area contributed by atoms with Crippen molar-refractivity contribution >= 4 is 117 Å². The summed E-state index contributed by atoms with van der Waals surface area (Å²) in [6.07, 6.45) is 17.6. The lowest BCUT2D eigenvalue weighted by atomic mass is 9.97. The summed E-state index contributed by atoms with van der Waals surface area (Å²) in [5.41, 5.74) is 30.1. The molecule has 118 heavy (non-hydrogen) atoms. The number of fused-ring (bicyclic) bond motifs is 16. The summed E-state index contributed by atoms with van der Waals surface area (Å²) in [6.45, 7) is 21.9. The Morgan fingerprint density at radius 2 is 0.551 bits per heavy atom. The Labute approximate surface area is 686 Å². The molecule has 0 radical (unpaired) electrons. The third kappa shape index (κ3) is 18.5. The number of H-pyrrole nitrogens is 4. The Morgan fingerprint density at radius 1 is 0.288 bits per heavy atom. The Morgan fingerprint density at radius 3 is 0.856 bits per heavy atom. The van der Waals surface area contributed by atoms with E-state index in [0.717, 1.165) is 77.7 Å². The van der Waals surface area contributed by atoms with Crippen LogP contribution in [0.25, 0.3) is 115 Å². The number of hydrogen-bond donors (Lipinski definition) is 8. The minimum absolute atomic E-state index is 0.399. The van der Waals surface area contributed by atoms with Crippen LogP contribution < -0.4 is 21.9 Å². The molecule has 0 fully saturated rings. The van der Waals surface area contributed by atoms with Crippen molar-refractivity contribution in [2.45, 2.75) is 133 Å². The highest BCUT2D eigenvalue weighted by molar-refractivity contribution is 5.97. The molecule has 10 heterocycles. The van der Waals surface area contributed by atoms with Crippen molar-refractivity contribution in [3.8, 4) is 22.3 Å². The van der Waals surface area contributed by atoms with Gasteiger partial charge in [0.1, 0.15) is 0 Å². The number of aromatic nitrogens is 8. The predicted molar refractivity (Wildman–Crippen MR) is 468 cm³/mol. The van der Waals surface area contributed by atoms with Gasteiger partial charge in [0.2, 0.25) is 0 Å². The summed E-state index contributed by atoms with van der Waals surface area (Å²) in [7, 11) is 0. The van der Waals surface area contributed by atoms with Crippen LogP contribution >= 0.6 is 0 Å². The number of benzene rings is 5. The van der Waals surface area contributed by atoms with Gasteiger partial charge in [-0.3, -0.25) is 0 Å². The van der Waals surface area contributed by atoms with E-state index in [1.165, 1.54) is 0 Å². The summed E-state index contributed by atoms with van der Waals surface area (Å²) >= 11 is 0. The molecule has 16 bridgehead atoms. The van der Waals surface area contributed by atoms with Crippen LogP contribution in [0, 0.1) is 21.7 Å². The van der Waals surface area contributed by atoms with Gasteiger partial charge in [0.05, 0.1) is 91.4 Å². The molecule has 11 aromatic rings. The fourth-order valence-corrected chi connectivity index (χ4v) is 14.6. The molecule has 4 atom stereocenters.